The van der Waals surface area contributed by atoms with E-state index in [1.165, 1.54) is 5.56 Å². The second-order valence-corrected chi connectivity index (χ2v) is 5.97. The van der Waals surface area contributed by atoms with Gasteiger partial charge in [-0.25, -0.2) is 0 Å². The highest BCUT2D eigenvalue weighted by atomic mass is 35.5. The molecular formula is C16H21Cl2N3O. The van der Waals surface area contributed by atoms with Gasteiger partial charge in [0.15, 0.2) is 0 Å². The monoisotopic (exact) mass is 341 g/mol. The van der Waals surface area contributed by atoms with Gasteiger partial charge in [0.25, 0.3) is 0 Å². The number of aromatic nitrogens is 2. The summed E-state index contributed by atoms with van der Waals surface area (Å²) in [6, 6.07) is 10.5. The Bertz CT molecular complexity index is 551. The largest absolute Gasteiger partial charge is 0.373 e. The fourth-order valence-corrected chi connectivity index (χ4v) is 2.80. The Kier molecular flexibility index (Phi) is 6.26. The van der Waals surface area contributed by atoms with Crippen LogP contribution in [0.3, 0.4) is 0 Å². The minimum atomic E-state index is 0. The Hall–Kier alpha value is -1.07. The zero-order valence-corrected chi connectivity index (χ0v) is 14.1. The first kappa shape index (κ1) is 17.3. The van der Waals surface area contributed by atoms with Gasteiger partial charge < -0.3 is 10.1 Å². The minimum absolute atomic E-state index is 0. The quantitative estimate of drug-likeness (QED) is 0.928. The predicted molar refractivity (Wildman–Crippen MR) is 90.9 cm³/mol. The van der Waals surface area contributed by atoms with Crippen molar-refractivity contribution >= 4 is 24.0 Å². The molecule has 1 aliphatic rings. The van der Waals surface area contributed by atoms with Gasteiger partial charge in [-0.3, -0.25) is 4.68 Å². The maximum atomic E-state index is 6.02. The molecule has 4 nitrogen and oxygen atoms in total. The van der Waals surface area contributed by atoms with E-state index < -0.39 is 0 Å². The van der Waals surface area contributed by atoms with Gasteiger partial charge >= 0.3 is 0 Å². The molecule has 1 unspecified atom stereocenters. The lowest BCUT2D eigenvalue weighted by Gasteiger charge is -2.33. The van der Waals surface area contributed by atoms with Crippen molar-refractivity contribution < 1.29 is 4.74 Å². The fraction of sp³-hybridized carbons (Fsp3) is 0.438. The molecule has 1 aliphatic heterocycles. The molecule has 2 aromatic rings. The van der Waals surface area contributed by atoms with Gasteiger partial charge in [0.2, 0.25) is 0 Å². The van der Waals surface area contributed by atoms with Gasteiger partial charge in [-0.1, -0.05) is 23.7 Å². The number of morpholine rings is 1. The lowest BCUT2D eigenvalue weighted by atomic mass is 10.0. The van der Waals surface area contributed by atoms with Crippen molar-refractivity contribution in [3.05, 3.63) is 53.3 Å². The summed E-state index contributed by atoms with van der Waals surface area (Å²) in [5.74, 6) is 0. The third-order valence-corrected chi connectivity index (χ3v) is 4.25. The molecule has 0 bridgehead atoms. The first-order valence-electron chi connectivity index (χ1n) is 7.31. The molecule has 0 radical (unpaired) electrons. The zero-order chi connectivity index (χ0) is 14.7. The molecular weight excluding hydrogens is 321 g/mol. The van der Waals surface area contributed by atoms with E-state index in [2.05, 4.69) is 29.5 Å². The molecule has 0 aliphatic carbocycles. The van der Waals surface area contributed by atoms with Gasteiger partial charge in [-0.05, 0) is 37.1 Å². The van der Waals surface area contributed by atoms with Crippen LogP contribution in [-0.2, 0) is 11.2 Å². The molecule has 22 heavy (non-hydrogen) atoms. The first-order chi connectivity index (χ1) is 10.2. The van der Waals surface area contributed by atoms with Crippen LogP contribution >= 0.6 is 24.0 Å². The molecule has 3 rings (SSSR count). The van der Waals surface area contributed by atoms with Crippen LogP contribution in [0.15, 0.2) is 42.7 Å². The van der Waals surface area contributed by atoms with E-state index in [0.29, 0.717) is 6.04 Å². The number of nitrogens with one attached hydrogen (secondary N) is 1. The lowest BCUT2D eigenvalue weighted by Crippen LogP contribution is -2.49. The normalized spacial score (nSPS) is 22.8. The van der Waals surface area contributed by atoms with E-state index in [9.17, 15) is 0 Å². The number of hydrogen-bond acceptors (Lipinski definition) is 3. The predicted octanol–water partition coefficient (Wildman–Crippen LogP) is 3.12. The van der Waals surface area contributed by atoms with Crippen LogP contribution < -0.4 is 5.32 Å². The smallest absolute Gasteiger partial charge is 0.0921 e. The van der Waals surface area contributed by atoms with Gasteiger partial charge in [0.1, 0.15) is 0 Å². The molecule has 0 spiro atoms. The summed E-state index contributed by atoms with van der Waals surface area (Å²) in [4.78, 5) is 0. The van der Waals surface area contributed by atoms with Gasteiger partial charge in [-0.2, -0.15) is 5.10 Å². The highest BCUT2D eigenvalue weighted by Gasteiger charge is 2.26. The van der Waals surface area contributed by atoms with Crippen LogP contribution in [0, 0.1) is 0 Å². The molecule has 1 fully saturated rings. The van der Waals surface area contributed by atoms with E-state index in [0.717, 1.165) is 24.6 Å². The number of rotatable bonds is 4. The molecule has 0 amide bonds. The first-order valence-corrected chi connectivity index (χ1v) is 7.69. The molecule has 1 saturated heterocycles. The van der Waals surface area contributed by atoms with Crippen molar-refractivity contribution in [3.8, 4) is 0 Å². The number of hydrogen-bond donors (Lipinski definition) is 1. The molecule has 1 aromatic heterocycles. The molecule has 2 heterocycles. The Labute approximate surface area is 142 Å². The van der Waals surface area contributed by atoms with E-state index >= 15 is 0 Å². The Morgan fingerprint density at radius 1 is 1.41 bits per heavy atom. The Morgan fingerprint density at radius 2 is 2.18 bits per heavy atom. The van der Waals surface area contributed by atoms with Crippen LogP contribution in [0.4, 0.5) is 0 Å². The molecule has 0 saturated carbocycles. The topological polar surface area (TPSA) is 39.1 Å². The minimum Gasteiger partial charge on any atom is -0.373 e. The zero-order valence-electron chi connectivity index (χ0n) is 12.5. The fourth-order valence-electron chi connectivity index (χ4n) is 2.68. The summed E-state index contributed by atoms with van der Waals surface area (Å²) in [7, 11) is 0. The molecule has 6 heteroatoms. The lowest BCUT2D eigenvalue weighted by molar-refractivity contribution is -0.0236. The van der Waals surface area contributed by atoms with Crippen molar-refractivity contribution in [2.24, 2.45) is 0 Å². The van der Waals surface area contributed by atoms with Crippen LogP contribution in [-0.4, -0.2) is 35.1 Å². The maximum Gasteiger partial charge on any atom is 0.0921 e. The number of halogens is 2. The second-order valence-electron chi connectivity index (χ2n) is 5.53. The van der Waals surface area contributed by atoms with Crippen LogP contribution in [0.25, 0.3) is 0 Å². The summed E-state index contributed by atoms with van der Waals surface area (Å²) in [5, 5.41) is 8.64. The van der Waals surface area contributed by atoms with Crippen molar-refractivity contribution in [1.29, 1.82) is 0 Å². The molecule has 3 atom stereocenters. The third-order valence-electron chi connectivity index (χ3n) is 3.99. The Balaban J connectivity index is 0.00000176. The summed E-state index contributed by atoms with van der Waals surface area (Å²) >= 11 is 5.91. The standard InChI is InChI=1S/C16H20ClN3O.ClH/c1-12(20-8-2-7-19-20)16-10-18-15(11-21-16)9-13-3-5-14(17)6-4-13;/h2-8,12,15-16,18H,9-11H2,1H3;1H/t12?,15-,16+;/m0./s1. The summed E-state index contributed by atoms with van der Waals surface area (Å²) < 4.78 is 7.97. The van der Waals surface area contributed by atoms with Crippen LogP contribution in [0.2, 0.25) is 5.02 Å². The van der Waals surface area contributed by atoms with Gasteiger partial charge in [0.05, 0.1) is 18.8 Å². The van der Waals surface area contributed by atoms with Crippen molar-refractivity contribution in [1.82, 2.24) is 15.1 Å². The number of nitrogens with zero attached hydrogens (tertiary/aromatic N) is 2. The maximum absolute atomic E-state index is 6.02. The summed E-state index contributed by atoms with van der Waals surface area (Å²) in [5.41, 5.74) is 1.28. The van der Waals surface area contributed by atoms with Gasteiger partial charge in [-0.15, -0.1) is 12.4 Å². The van der Waals surface area contributed by atoms with E-state index in [4.69, 9.17) is 16.3 Å². The van der Waals surface area contributed by atoms with Crippen molar-refractivity contribution in [2.45, 2.75) is 31.5 Å². The summed E-state index contributed by atoms with van der Waals surface area (Å²) in [6.07, 6.45) is 4.90. The number of benzene rings is 1. The Morgan fingerprint density at radius 3 is 2.77 bits per heavy atom. The van der Waals surface area contributed by atoms with E-state index in [-0.39, 0.29) is 24.6 Å². The average molecular weight is 342 g/mol. The van der Waals surface area contributed by atoms with Crippen LogP contribution in [0.1, 0.15) is 18.5 Å². The SMILES string of the molecule is CC([C@H]1CN[C@@H](Cc2ccc(Cl)cc2)CO1)n1cccn1.Cl. The molecule has 120 valence electrons. The van der Waals surface area contributed by atoms with Crippen molar-refractivity contribution in [3.63, 3.8) is 0 Å². The molecule has 1 aromatic carbocycles. The molecule has 1 N–H and O–H groups in total. The van der Waals surface area contributed by atoms with E-state index in [1.54, 1.807) is 6.20 Å². The highest BCUT2D eigenvalue weighted by molar-refractivity contribution is 6.30. The highest BCUT2D eigenvalue weighted by Crippen LogP contribution is 2.18. The van der Waals surface area contributed by atoms with E-state index in [1.807, 2.05) is 29.1 Å². The third kappa shape index (κ3) is 4.23. The van der Waals surface area contributed by atoms with Gasteiger partial charge in [0, 0.05) is 30.0 Å². The van der Waals surface area contributed by atoms with Crippen molar-refractivity contribution in [2.75, 3.05) is 13.2 Å². The summed E-state index contributed by atoms with van der Waals surface area (Å²) in [6.45, 7) is 3.71. The number of ether oxygens (including phenoxy) is 1. The second kappa shape index (κ2) is 7.97. The van der Waals surface area contributed by atoms with Crippen LogP contribution in [0.5, 0.6) is 0 Å². The average Bonchev–Trinajstić information content (AvgIpc) is 3.04.